The lowest BCUT2D eigenvalue weighted by Crippen LogP contribution is -2.30. The SMILES string of the molecule is Cc1nn(C)c(C)c1NC(=O)[C@@H](C)OC(=O)c1cccc(Oc2ccccc2)c1. The van der Waals surface area contributed by atoms with Crippen molar-refractivity contribution >= 4 is 17.6 Å². The summed E-state index contributed by atoms with van der Waals surface area (Å²) in [6.45, 7) is 5.18. The zero-order valence-electron chi connectivity index (χ0n) is 16.8. The quantitative estimate of drug-likeness (QED) is 0.640. The lowest BCUT2D eigenvalue weighted by atomic mass is 10.2. The van der Waals surface area contributed by atoms with Gasteiger partial charge in [0.1, 0.15) is 11.5 Å². The lowest BCUT2D eigenvalue weighted by molar-refractivity contribution is -0.123. The van der Waals surface area contributed by atoms with Gasteiger partial charge in [-0.25, -0.2) is 4.79 Å². The fourth-order valence-electron chi connectivity index (χ4n) is 2.77. The number of esters is 1. The Morgan fingerprint density at radius 2 is 1.72 bits per heavy atom. The monoisotopic (exact) mass is 393 g/mol. The smallest absolute Gasteiger partial charge is 0.339 e. The zero-order valence-corrected chi connectivity index (χ0v) is 16.8. The van der Waals surface area contributed by atoms with E-state index >= 15 is 0 Å². The van der Waals surface area contributed by atoms with Crippen molar-refractivity contribution in [1.29, 1.82) is 0 Å². The number of aromatic nitrogens is 2. The average molecular weight is 393 g/mol. The molecule has 1 N–H and O–H groups in total. The highest BCUT2D eigenvalue weighted by atomic mass is 16.5. The Balaban J connectivity index is 1.64. The Bertz CT molecular complexity index is 1030. The molecule has 1 heterocycles. The van der Waals surface area contributed by atoms with Crippen LogP contribution in [-0.2, 0) is 16.6 Å². The van der Waals surface area contributed by atoms with Crippen molar-refractivity contribution in [2.45, 2.75) is 26.9 Å². The van der Waals surface area contributed by atoms with E-state index in [4.69, 9.17) is 9.47 Å². The summed E-state index contributed by atoms with van der Waals surface area (Å²) in [6, 6.07) is 15.9. The Hall–Kier alpha value is -3.61. The van der Waals surface area contributed by atoms with Crippen LogP contribution in [0.4, 0.5) is 5.69 Å². The van der Waals surface area contributed by atoms with Crippen molar-refractivity contribution < 1.29 is 19.1 Å². The van der Waals surface area contributed by atoms with Crippen LogP contribution in [0.15, 0.2) is 54.6 Å². The van der Waals surface area contributed by atoms with E-state index in [1.54, 1.807) is 42.9 Å². The van der Waals surface area contributed by atoms with Crippen LogP contribution in [0.25, 0.3) is 0 Å². The van der Waals surface area contributed by atoms with Gasteiger partial charge in [0.15, 0.2) is 6.10 Å². The Labute approximate surface area is 169 Å². The molecule has 150 valence electrons. The third-order valence-corrected chi connectivity index (χ3v) is 4.46. The van der Waals surface area contributed by atoms with Gasteiger partial charge in [-0.1, -0.05) is 24.3 Å². The number of anilines is 1. The maximum absolute atomic E-state index is 12.5. The molecule has 3 aromatic rings. The van der Waals surface area contributed by atoms with Gasteiger partial charge >= 0.3 is 5.97 Å². The molecule has 0 aliphatic heterocycles. The summed E-state index contributed by atoms with van der Waals surface area (Å²) >= 11 is 0. The van der Waals surface area contributed by atoms with E-state index in [9.17, 15) is 9.59 Å². The minimum Gasteiger partial charge on any atom is -0.457 e. The minimum atomic E-state index is -0.972. The van der Waals surface area contributed by atoms with E-state index in [2.05, 4.69) is 10.4 Å². The molecule has 29 heavy (non-hydrogen) atoms. The number of carbonyl (C=O) groups is 2. The van der Waals surface area contributed by atoms with Gasteiger partial charge in [0.05, 0.1) is 22.6 Å². The molecule has 1 amide bonds. The summed E-state index contributed by atoms with van der Waals surface area (Å²) in [7, 11) is 1.80. The summed E-state index contributed by atoms with van der Waals surface area (Å²) in [5.41, 5.74) is 2.44. The zero-order chi connectivity index (χ0) is 21.0. The van der Waals surface area contributed by atoms with E-state index in [1.165, 1.54) is 6.92 Å². The van der Waals surface area contributed by atoms with Gasteiger partial charge in [0.2, 0.25) is 0 Å². The number of aryl methyl sites for hydroxylation is 2. The van der Waals surface area contributed by atoms with Gasteiger partial charge in [-0.15, -0.1) is 0 Å². The van der Waals surface area contributed by atoms with Crippen molar-refractivity contribution in [3.63, 3.8) is 0 Å². The van der Waals surface area contributed by atoms with Crippen molar-refractivity contribution in [3.8, 4) is 11.5 Å². The van der Waals surface area contributed by atoms with Crippen molar-refractivity contribution in [3.05, 3.63) is 71.5 Å². The number of para-hydroxylation sites is 1. The fourth-order valence-corrected chi connectivity index (χ4v) is 2.77. The highest BCUT2D eigenvalue weighted by molar-refractivity contribution is 5.98. The second kappa shape index (κ2) is 8.60. The van der Waals surface area contributed by atoms with E-state index in [0.29, 0.717) is 28.4 Å². The fraction of sp³-hybridized carbons (Fsp3) is 0.227. The first-order chi connectivity index (χ1) is 13.8. The first kappa shape index (κ1) is 20.1. The molecular formula is C22H23N3O4. The van der Waals surface area contributed by atoms with Gasteiger partial charge in [0, 0.05) is 7.05 Å². The van der Waals surface area contributed by atoms with Crippen molar-refractivity contribution in [1.82, 2.24) is 9.78 Å². The average Bonchev–Trinajstić information content (AvgIpc) is 2.95. The summed E-state index contributed by atoms with van der Waals surface area (Å²) in [5, 5.41) is 7.03. The van der Waals surface area contributed by atoms with Gasteiger partial charge in [0.25, 0.3) is 5.91 Å². The summed E-state index contributed by atoms with van der Waals surface area (Å²) in [6.07, 6.45) is -0.972. The van der Waals surface area contributed by atoms with Crippen LogP contribution >= 0.6 is 0 Å². The van der Waals surface area contributed by atoms with Crippen LogP contribution in [0.1, 0.15) is 28.7 Å². The lowest BCUT2D eigenvalue weighted by Gasteiger charge is -2.14. The van der Waals surface area contributed by atoms with Crippen LogP contribution in [-0.4, -0.2) is 27.8 Å². The molecule has 0 fully saturated rings. The van der Waals surface area contributed by atoms with Crippen LogP contribution < -0.4 is 10.1 Å². The number of carbonyl (C=O) groups excluding carboxylic acids is 2. The normalized spacial score (nSPS) is 11.6. The van der Waals surface area contributed by atoms with Gasteiger partial charge in [-0.3, -0.25) is 9.48 Å². The molecular weight excluding hydrogens is 370 g/mol. The van der Waals surface area contributed by atoms with E-state index in [-0.39, 0.29) is 0 Å². The second-order valence-electron chi connectivity index (χ2n) is 6.65. The van der Waals surface area contributed by atoms with Crippen LogP contribution in [0.2, 0.25) is 0 Å². The number of rotatable bonds is 6. The molecule has 3 rings (SSSR count). The Kier molecular flexibility index (Phi) is 5.97. The van der Waals surface area contributed by atoms with Gasteiger partial charge < -0.3 is 14.8 Å². The molecule has 0 radical (unpaired) electrons. The second-order valence-corrected chi connectivity index (χ2v) is 6.65. The Morgan fingerprint density at radius 3 is 2.38 bits per heavy atom. The number of amides is 1. The van der Waals surface area contributed by atoms with Crippen molar-refractivity contribution in [2.75, 3.05) is 5.32 Å². The molecule has 0 bridgehead atoms. The van der Waals surface area contributed by atoms with E-state index in [0.717, 1.165) is 5.69 Å². The summed E-state index contributed by atoms with van der Waals surface area (Å²) in [5.74, 6) is 0.136. The molecule has 0 saturated carbocycles. The maximum Gasteiger partial charge on any atom is 0.339 e. The first-order valence-corrected chi connectivity index (χ1v) is 9.20. The van der Waals surface area contributed by atoms with Crippen LogP contribution in [0.5, 0.6) is 11.5 Å². The minimum absolute atomic E-state index is 0.298. The molecule has 0 aliphatic rings. The maximum atomic E-state index is 12.5. The van der Waals surface area contributed by atoms with E-state index in [1.807, 2.05) is 37.3 Å². The largest absolute Gasteiger partial charge is 0.457 e. The standard InChI is InChI=1S/C22H23N3O4/c1-14-20(15(2)25(4)24-14)23-21(26)16(3)28-22(27)17-9-8-12-19(13-17)29-18-10-6-5-7-11-18/h5-13,16H,1-4H3,(H,23,26)/t16-/m1/s1. The number of hydrogen-bond donors (Lipinski definition) is 1. The van der Waals surface area contributed by atoms with Crippen LogP contribution in [0.3, 0.4) is 0 Å². The van der Waals surface area contributed by atoms with Gasteiger partial charge in [-0.2, -0.15) is 5.10 Å². The predicted molar refractivity (Wildman–Crippen MR) is 109 cm³/mol. The Morgan fingerprint density at radius 1 is 1.03 bits per heavy atom. The van der Waals surface area contributed by atoms with E-state index < -0.39 is 18.0 Å². The molecule has 0 aliphatic carbocycles. The topological polar surface area (TPSA) is 82.5 Å². The molecule has 7 heteroatoms. The first-order valence-electron chi connectivity index (χ1n) is 9.20. The molecule has 0 saturated heterocycles. The van der Waals surface area contributed by atoms with Gasteiger partial charge in [-0.05, 0) is 51.1 Å². The number of ether oxygens (including phenoxy) is 2. The molecule has 2 aromatic carbocycles. The predicted octanol–water partition coefficient (Wildman–Crippen LogP) is 4.01. The number of nitrogens with zero attached hydrogens (tertiary/aromatic N) is 2. The number of nitrogens with one attached hydrogen (secondary N) is 1. The molecule has 1 aromatic heterocycles. The number of hydrogen-bond acceptors (Lipinski definition) is 5. The highest BCUT2D eigenvalue weighted by Crippen LogP contribution is 2.23. The number of benzene rings is 2. The molecule has 7 nitrogen and oxygen atoms in total. The third kappa shape index (κ3) is 4.82. The molecule has 0 unspecified atom stereocenters. The van der Waals surface area contributed by atoms with Crippen molar-refractivity contribution in [2.24, 2.45) is 7.05 Å². The summed E-state index contributed by atoms with van der Waals surface area (Å²) < 4.78 is 12.7. The third-order valence-electron chi connectivity index (χ3n) is 4.46. The highest BCUT2D eigenvalue weighted by Gasteiger charge is 2.22. The summed E-state index contributed by atoms with van der Waals surface area (Å²) in [4.78, 5) is 24.9. The molecule has 1 atom stereocenters. The molecule has 0 spiro atoms. The van der Waals surface area contributed by atoms with Crippen LogP contribution in [0, 0.1) is 13.8 Å².